The first-order valence-electron chi connectivity index (χ1n) is 11.8. The lowest BCUT2D eigenvalue weighted by Crippen LogP contribution is -2.20. The van der Waals surface area contributed by atoms with Crippen LogP contribution in [0.5, 0.6) is 5.75 Å². The van der Waals surface area contributed by atoms with Crippen LogP contribution in [0.3, 0.4) is 0 Å². The summed E-state index contributed by atoms with van der Waals surface area (Å²) in [6.07, 6.45) is 1.53. The molecule has 0 aliphatic heterocycles. The van der Waals surface area contributed by atoms with Crippen molar-refractivity contribution in [2.45, 2.75) is 6.61 Å². The molecule has 186 valence electrons. The van der Waals surface area contributed by atoms with Gasteiger partial charge in [0.15, 0.2) is 5.76 Å². The summed E-state index contributed by atoms with van der Waals surface area (Å²) in [6, 6.07) is 27.7. The van der Waals surface area contributed by atoms with E-state index in [4.69, 9.17) is 20.8 Å². The first-order valence-corrected chi connectivity index (χ1v) is 12.1. The molecule has 0 amide bonds. The van der Waals surface area contributed by atoms with Crippen molar-refractivity contribution >= 4 is 39.7 Å². The van der Waals surface area contributed by atoms with Gasteiger partial charge in [0.2, 0.25) is 5.82 Å². The van der Waals surface area contributed by atoms with Crippen molar-refractivity contribution in [2.75, 3.05) is 0 Å². The van der Waals surface area contributed by atoms with Crippen LogP contribution in [-0.2, 0) is 6.61 Å². The zero-order valence-corrected chi connectivity index (χ0v) is 20.6. The van der Waals surface area contributed by atoms with E-state index in [0.29, 0.717) is 38.6 Å². The van der Waals surface area contributed by atoms with Gasteiger partial charge in [-0.25, -0.2) is 9.37 Å². The average Bonchev–Trinajstić information content (AvgIpc) is 3.37. The molecule has 38 heavy (non-hydrogen) atoms. The van der Waals surface area contributed by atoms with Crippen LogP contribution in [0.2, 0.25) is 5.02 Å². The highest BCUT2D eigenvalue weighted by Crippen LogP contribution is 2.28. The van der Waals surface area contributed by atoms with Crippen LogP contribution in [0.25, 0.3) is 33.5 Å². The van der Waals surface area contributed by atoms with Crippen molar-refractivity contribution in [3.05, 3.63) is 129 Å². The van der Waals surface area contributed by atoms with Crippen molar-refractivity contribution in [3.63, 3.8) is 0 Å². The topological polar surface area (TPSA) is 69.6 Å². The highest BCUT2D eigenvalue weighted by atomic mass is 35.5. The normalized spacial score (nSPS) is 11.5. The van der Waals surface area contributed by atoms with E-state index in [1.54, 1.807) is 48.5 Å². The SMILES string of the molecule is O=c1c2ccccc2nc(-c2cc3ccccc3o2)n1N=Cc1ccc(OCc2ccc(F)cc2)c(Cl)c1. The quantitative estimate of drug-likeness (QED) is 0.219. The Bertz CT molecular complexity index is 1840. The molecule has 4 aromatic carbocycles. The van der Waals surface area contributed by atoms with Gasteiger partial charge in [0.05, 0.1) is 22.1 Å². The molecule has 0 unspecified atom stereocenters. The van der Waals surface area contributed by atoms with Crippen LogP contribution in [0.15, 0.2) is 111 Å². The summed E-state index contributed by atoms with van der Waals surface area (Å²) in [4.78, 5) is 18.1. The summed E-state index contributed by atoms with van der Waals surface area (Å²) in [6.45, 7) is 0.243. The minimum absolute atomic E-state index is 0.243. The van der Waals surface area contributed by atoms with Gasteiger partial charge in [-0.05, 0) is 65.7 Å². The second kappa shape index (κ2) is 9.95. The molecular weight excluding hydrogens is 505 g/mol. The second-order valence-corrected chi connectivity index (χ2v) is 8.97. The van der Waals surface area contributed by atoms with Gasteiger partial charge in [-0.2, -0.15) is 9.78 Å². The molecule has 0 spiro atoms. The summed E-state index contributed by atoms with van der Waals surface area (Å²) in [5, 5.41) is 6.17. The largest absolute Gasteiger partial charge is 0.487 e. The first kappa shape index (κ1) is 23.6. The zero-order chi connectivity index (χ0) is 26.1. The van der Waals surface area contributed by atoms with Crippen molar-refractivity contribution < 1.29 is 13.5 Å². The van der Waals surface area contributed by atoms with Crippen molar-refractivity contribution in [2.24, 2.45) is 5.10 Å². The highest BCUT2D eigenvalue weighted by molar-refractivity contribution is 6.32. The molecule has 6 aromatic rings. The lowest BCUT2D eigenvalue weighted by atomic mass is 10.2. The summed E-state index contributed by atoms with van der Waals surface area (Å²) in [5.74, 6) is 0.876. The maximum absolute atomic E-state index is 13.4. The predicted octanol–water partition coefficient (Wildman–Crippen LogP) is 7.06. The smallest absolute Gasteiger partial charge is 0.282 e. The maximum atomic E-state index is 13.4. The van der Waals surface area contributed by atoms with Gasteiger partial charge in [-0.15, -0.1) is 0 Å². The fourth-order valence-electron chi connectivity index (χ4n) is 4.06. The lowest BCUT2D eigenvalue weighted by molar-refractivity contribution is 0.306. The molecule has 6 rings (SSSR count). The average molecular weight is 524 g/mol. The number of nitrogens with zero attached hydrogens (tertiary/aromatic N) is 3. The molecule has 0 saturated carbocycles. The third-order valence-corrected chi connectivity index (χ3v) is 6.28. The van der Waals surface area contributed by atoms with E-state index in [9.17, 15) is 9.18 Å². The van der Waals surface area contributed by atoms with Crippen molar-refractivity contribution in [1.82, 2.24) is 9.66 Å². The molecule has 0 atom stereocenters. The molecule has 0 fully saturated rings. The van der Waals surface area contributed by atoms with Gasteiger partial charge in [-0.3, -0.25) is 4.79 Å². The van der Waals surface area contributed by atoms with E-state index in [-0.39, 0.29) is 23.8 Å². The van der Waals surface area contributed by atoms with Crippen LogP contribution in [-0.4, -0.2) is 15.9 Å². The number of aromatic nitrogens is 2. The second-order valence-electron chi connectivity index (χ2n) is 8.57. The number of benzene rings is 4. The number of halogens is 2. The molecule has 2 aromatic heterocycles. The van der Waals surface area contributed by atoms with Gasteiger partial charge in [0.25, 0.3) is 5.56 Å². The summed E-state index contributed by atoms with van der Waals surface area (Å²) in [7, 11) is 0. The Kier molecular flexibility index (Phi) is 6.19. The molecule has 2 heterocycles. The van der Waals surface area contributed by atoms with Crippen molar-refractivity contribution in [1.29, 1.82) is 0 Å². The molecular formula is C30H19ClFN3O3. The molecule has 0 aliphatic rings. The number of rotatable bonds is 6. The Labute approximate surface area is 221 Å². The zero-order valence-electron chi connectivity index (χ0n) is 19.8. The molecule has 0 radical (unpaired) electrons. The Morgan fingerprint density at radius 1 is 0.974 bits per heavy atom. The molecule has 0 saturated heterocycles. The van der Waals surface area contributed by atoms with Crippen LogP contribution in [0.4, 0.5) is 4.39 Å². The third-order valence-electron chi connectivity index (χ3n) is 5.99. The van der Waals surface area contributed by atoms with Crippen LogP contribution in [0, 0.1) is 5.82 Å². The van der Waals surface area contributed by atoms with E-state index in [0.717, 1.165) is 10.9 Å². The number of ether oxygens (including phenoxy) is 1. The number of hydrogen-bond donors (Lipinski definition) is 0. The number of fused-ring (bicyclic) bond motifs is 2. The molecule has 6 nitrogen and oxygen atoms in total. The number of hydrogen-bond acceptors (Lipinski definition) is 5. The summed E-state index contributed by atoms with van der Waals surface area (Å²) < 4.78 is 26.1. The maximum Gasteiger partial charge on any atom is 0.282 e. The fraction of sp³-hybridized carbons (Fsp3) is 0.0333. The van der Waals surface area contributed by atoms with E-state index in [1.807, 2.05) is 36.4 Å². The minimum Gasteiger partial charge on any atom is -0.487 e. The first-order chi connectivity index (χ1) is 18.5. The minimum atomic E-state index is -0.326. The van der Waals surface area contributed by atoms with Gasteiger partial charge < -0.3 is 9.15 Å². The van der Waals surface area contributed by atoms with E-state index in [1.165, 1.54) is 23.0 Å². The Balaban J connectivity index is 1.34. The predicted molar refractivity (Wildman–Crippen MR) is 146 cm³/mol. The van der Waals surface area contributed by atoms with Gasteiger partial charge in [0.1, 0.15) is 23.8 Å². The Morgan fingerprint density at radius 3 is 2.58 bits per heavy atom. The lowest BCUT2D eigenvalue weighted by Gasteiger charge is -2.09. The third kappa shape index (κ3) is 4.67. The van der Waals surface area contributed by atoms with Gasteiger partial charge in [-0.1, -0.05) is 54.1 Å². The number of para-hydroxylation sites is 2. The molecule has 0 N–H and O–H groups in total. The molecule has 8 heteroatoms. The monoisotopic (exact) mass is 523 g/mol. The van der Waals surface area contributed by atoms with E-state index >= 15 is 0 Å². The van der Waals surface area contributed by atoms with Crippen LogP contribution < -0.4 is 10.3 Å². The van der Waals surface area contributed by atoms with Crippen LogP contribution >= 0.6 is 11.6 Å². The summed E-state index contributed by atoms with van der Waals surface area (Å²) >= 11 is 6.44. The standard InChI is InChI=1S/C30H19ClFN3O3/c31-24-15-20(11-14-27(24)37-18-19-9-12-22(32)13-10-19)17-33-35-29(28-16-21-5-1-4-8-26(21)38-28)34-25-7-3-2-6-23(25)30(35)36/h1-17H,18H2. The van der Waals surface area contributed by atoms with E-state index in [2.05, 4.69) is 10.1 Å². The fourth-order valence-corrected chi connectivity index (χ4v) is 4.31. The molecule has 0 bridgehead atoms. The van der Waals surface area contributed by atoms with Gasteiger partial charge >= 0.3 is 0 Å². The van der Waals surface area contributed by atoms with Crippen LogP contribution in [0.1, 0.15) is 11.1 Å². The number of furan rings is 1. The van der Waals surface area contributed by atoms with Crippen molar-refractivity contribution in [3.8, 4) is 17.3 Å². The Morgan fingerprint density at radius 2 is 1.76 bits per heavy atom. The Hall–Kier alpha value is -4.75. The van der Waals surface area contributed by atoms with E-state index < -0.39 is 0 Å². The molecule has 0 aliphatic carbocycles. The highest BCUT2D eigenvalue weighted by Gasteiger charge is 2.16. The summed E-state index contributed by atoms with van der Waals surface area (Å²) in [5.41, 5.74) is 2.37. The van der Waals surface area contributed by atoms with Gasteiger partial charge in [0, 0.05) is 5.39 Å².